The third-order valence-electron chi connectivity index (χ3n) is 4.65. The van der Waals surface area contributed by atoms with Crippen LogP contribution in [-0.2, 0) is 11.3 Å². The number of nitrogens with zero attached hydrogens (tertiary/aromatic N) is 2. The van der Waals surface area contributed by atoms with E-state index in [4.69, 9.17) is 20.8 Å². The van der Waals surface area contributed by atoms with Gasteiger partial charge in [0.15, 0.2) is 5.76 Å². The molecule has 0 aliphatic carbocycles. The maximum absolute atomic E-state index is 13.3. The lowest BCUT2D eigenvalue weighted by Crippen LogP contribution is -2.14. The van der Waals surface area contributed by atoms with Crippen molar-refractivity contribution in [2.24, 2.45) is 0 Å². The molecule has 3 rings (SSSR count). The molecule has 0 radical (unpaired) electrons. The SMILES string of the molecule is CCOC(=O)c1c(NC(=O)c2ccc(Cn3nc(C(F)F)c(Cl)c3C(F)F)o2)sc(C)c1C. The Morgan fingerprint density at radius 3 is 2.55 bits per heavy atom. The van der Waals surface area contributed by atoms with Crippen LogP contribution in [0.4, 0.5) is 22.6 Å². The van der Waals surface area contributed by atoms with Crippen LogP contribution in [0.25, 0.3) is 0 Å². The summed E-state index contributed by atoms with van der Waals surface area (Å²) in [4.78, 5) is 25.7. The minimum absolute atomic E-state index is 0.00573. The fourth-order valence-electron chi connectivity index (χ4n) is 3.00. The van der Waals surface area contributed by atoms with E-state index >= 15 is 0 Å². The van der Waals surface area contributed by atoms with Crippen LogP contribution in [0.5, 0.6) is 0 Å². The lowest BCUT2D eigenvalue weighted by Gasteiger charge is -2.06. The number of aryl methyl sites for hydroxylation is 1. The number of rotatable bonds is 8. The summed E-state index contributed by atoms with van der Waals surface area (Å²) in [6.07, 6.45) is -6.29. The molecule has 178 valence electrons. The topological polar surface area (TPSA) is 86.4 Å². The van der Waals surface area contributed by atoms with E-state index in [1.54, 1.807) is 20.8 Å². The van der Waals surface area contributed by atoms with Crippen LogP contribution >= 0.6 is 22.9 Å². The van der Waals surface area contributed by atoms with Gasteiger partial charge in [-0.2, -0.15) is 5.10 Å². The monoisotopic (exact) mass is 507 g/mol. The number of nitrogens with one attached hydrogen (secondary N) is 1. The smallest absolute Gasteiger partial charge is 0.341 e. The Morgan fingerprint density at radius 1 is 1.24 bits per heavy atom. The van der Waals surface area contributed by atoms with Gasteiger partial charge in [0.05, 0.1) is 23.7 Å². The van der Waals surface area contributed by atoms with E-state index in [1.165, 1.54) is 23.5 Å². The first-order valence-electron chi connectivity index (χ1n) is 9.54. The van der Waals surface area contributed by atoms with Crippen molar-refractivity contribution in [2.75, 3.05) is 11.9 Å². The molecule has 3 aromatic heterocycles. The molecule has 0 saturated carbocycles. The van der Waals surface area contributed by atoms with Crippen LogP contribution in [0, 0.1) is 13.8 Å². The minimum Gasteiger partial charge on any atom is -0.462 e. The van der Waals surface area contributed by atoms with Gasteiger partial charge in [-0.05, 0) is 38.5 Å². The van der Waals surface area contributed by atoms with Crippen molar-refractivity contribution in [1.82, 2.24) is 9.78 Å². The predicted molar refractivity (Wildman–Crippen MR) is 113 cm³/mol. The second-order valence-corrected chi connectivity index (χ2v) is 8.37. The summed E-state index contributed by atoms with van der Waals surface area (Å²) >= 11 is 6.82. The van der Waals surface area contributed by atoms with Gasteiger partial charge in [-0.1, -0.05) is 11.6 Å². The van der Waals surface area contributed by atoms with Crippen LogP contribution in [-0.4, -0.2) is 28.3 Å². The van der Waals surface area contributed by atoms with E-state index in [9.17, 15) is 27.2 Å². The lowest BCUT2D eigenvalue weighted by atomic mass is 10.1. The first kappa shape index (κ1) is 24.8. The van der Waals surface area contributed by atoms with Crippen LogP contribution in [0.3, 0.4) is 0 Å². The van der Waals surface area contributed by atoms with E-state index < -0.39 is 47.7 Å². The highest BCUT2D eigenvalue weighted by molar-refractivity contribution is 7.16. The number of esters is 1. The van der Waals surface area contributed by atoms with Gasteiger partial charge in [-0.3, -0.25) is 9.48 Å². The molecule has 0 saturated heterocycles. The Kier molecular flexibility index (Phi) is 7.48. The highest BCUT2D eigenvalue weighted by Crippen LogP contribution is 2.35. The first-order valence-corrected chi connectivity index (χ1v) is 10.7. The zero-order chi connectivity index (χ0) is 24.4. The summed E-state index contributed by atoms with van der Waals surface area (Å²) in [5, 5.41) is 5.49. The van der Waals surface area contributed by atoms with Crippen molar-refractivity contribution in [2.45, 2.75) is 40.2 Å². The standard InChI is InChI=1S/C20H18ClF4N3O4S/c1-4-31-20(30)12-8(2)9(3)33-19(12)26-18(29)11-6-5-10(32-11)7-28-15(17(24)25)13(21)14(27-28)16(22)23/h5-6,16-17H,4,7H2,1-3H3,(H,26,29). The molecule has 0 aromatic carbocycles. The van der Waals surface area contributed by atoms with Gasteiger partial charge in [-0.15, -0.1) is 11.3 Å². The Balaban J connectivity index is 1.82. The summed E-state index contributed by atoms with van der Waals surface area (Å²) in [5.74, 6) is -1.46. The molecule has 0 atom stereocenters. The van der Waals surface area contributed by atoms with Gasteiger partial charge in [0.25, 0.3) is 18.8 Å². The second-order valence-electron chi connectivity index (χ2n) is 6.77. The number of halogens is 5. The van der Waals surface area contributed by atoms with Gasteiger partial charge in [0, 0.05) is 4.88 Å². The Morgan fingerprint density at radius 2 is 1.94 bits per heavy atom. The zero-order valence-corrected chi connectivity index (χ0v) is 19.1. The fourth-order valence-corrected chi connectivity index (χ4v) is 4.35. The molecule has 1 N–H and O–H groups in total. The number of aromatic nitrogens is 2. The highest BCUT2D eigenvalue weighted by Gasteiger charge is 2.29. The number of alkyl halides is 4. The van der Waals surface area contributed by atoms with E-state index in [-0.39, 0.29) is 28.7 Å². The minimum atomic E-state index is -3.15. The molecule has 0 aliphatic heterocycles. The Labute approximate surface area is 194 Å². The molecule has 33 heavy (non-hydrogen) atoms. The summed E-state index contributed by atoms with van der Waals surface area (Å²) in [5.41, 5.74) is -0.949. The summed E-state index contributed by atoms with van der Waals surface area (Å²) in [6, 6.07) is 2.60. The molecule has 7 nitrogen and oxygen atoms in total. The second kappa shape index (κ2) is 9.96. The maximum atomic E-state index is 13.3. The molecule has 0 unspecified atom stereocenters. The largest absolute Gasteiger partial charge is 0.462 e. The first-order chi connectivity index (χ1) is 15.5. The quantitative estimate of drug-likeness (QED) is 0.291. The third kappa shape index (κ3) is 5.06. The molecular weight excluding hydrogens is 490 g/mol. The normalized spacial score (nSPS) is 11.5. The number of amides is 1. The lowest BCUT2D eigenvalue weighted by molar-refractivity contribution is 0.0527. The van der Waals surface area contributed by atoms with Crippen LogP contribution in [0.1, 0.15) is 68.3 Å². The van der Waals surface area contributed by atoms with Crippen LogP contribution in [0.15, 0.2) is 16.5 Å². The molecule has 3 aromatic rings. The molecule has 0 aliphatic rings. The van der Waals surface area contributed by atoms with Gasteiger partial charge in [0.1, 0.15) is 22.1 Å². The fraction of sp³-hybridized carbons (Fsp3) is 0.350. The van der Waals surface area contributed by atoms with E-state index in [2.05, 4.69) is 10.4 Å². The molecule has 3 heterocycles. The van der Waals surface area contributed by atoms with Crippen LogP contribution in [0.2, 0.25) is 5.02 Å². The van der Waals surface area contributed by atoms with Gasteiger partial charge >= 0.3 is 5.97 Å². The molecule has 1 amide bonds. The van der Waals surface area contributed by atoms with Crippen molar-refractivity contribution < 1.29 is 36.3 Å². The van der Waals surface area contributed by atoms with Crippen molar-refractivity contribution in [1.29, 1.82) is 0 Å². The number of carbonyl (C=O) groups excluding carboxylic acids is 2. The Hall–Kier alpha value is -2.86. The van der Waals surface area contributed by atoms with Gasteiger partial charge in [0.2, 0.25) is 0 Å². The van der Waals surface area contributed by atoms with Crippen molar-refractivity contribution in [3.05, 3.63) is 56.1 Å². The van der Waals surface area contributed by atoms with E-state index in [1.807, 2.05) is 0 Å². The van der Waals surface area contributed by atoms with Crippen molar-refractivity contribution in [3.8, 4) is 0 Å². The summed E-state index contributed by atoms with van der Waals surface area (Å²) in [6.45, 7) is 4.87. The van der Waals surface area contributed by atoms with E-state index in [0.29, 0.717) is 10.2 Å². The third-order valence-corrected chi connectivity index (χ3v) is 6.16. The number of anilines is 1. The average molecular weight is 508 g/mol. The van der Waals surface area contributed by atoms with Crippen LogP contribution < -0.4 is 5.32 Å². The molecular formula is C20H18ClF4N3O4S. The number of ether oxygens (including phenoxy) is 1. The number of thiophene rings is 1. The van der Waals surface area contributed by atoms with Gasteiger partial charge < -0.3 is 14.5 Å². The summed E-state index contributed by atoms with van der Waals surface area (Å²) < 4.78 is 63.7. The van der Waals surface area contributed by atoms with Crippen molar-refractivity contribution in [3.63, 3.8) is 0 Å². The molecule has 0 bridgehead atoms. The zero-order valence-electron chi connectivity index (χ0n) is 17.5. The highest BCUT2D eigenvalue weighted by atomic mass is 35.5. The number of hydrogen-bond donors (Lipinski definition) is 1. The Bertz CT molecular complexity index is 1190. The number of hydrogen-bond acceptors (Lipinski definition) is 6. The van der Waals surface area contributed by atoms with E-state index in [0.717, 1.165) is 4.88 Å². The predicted octanol–water partition coefficient (Wildman–Crippen LogP) is 6.16. The van der Waals surface area contributed by atoms with Gasteiger partial charge in [-0.25, -0.2) is 22.4 Å². The number of carbonyl (C=O) groups is 2. The average Bonchev–Trinajstić information content (AvgIpc) is 3.39. The summed E-state index contributed by atoms with van der Waals surface area (Å²) in [7, 11) is 0. The molecule has 13 heteroatoms. The maximum Gasteiger partial charge on any atom is 0.341 e. The molecule has 0 spiro atoms. The van der Waals surface area contributed by atoms with Crippen molar-refractivity contribution >= 4 is 39.8 Å². The molecule has 0 fully saturated rings. The number of furan rings is 1.